The first kappa shape index (κ1) is 16.3. The third-order valence-electron chi connectivity index (χ3n) is 3.28. The predicted molar refractivity (Wildman–Crippen MR) is 95.5 cm³/mol. The molecule has 0 aliphatic heterocycles. The molecule has 0 fully saturated rings. The van der Waals surface area contributed by atoms with Crippen molar-refractivity contribution in [3.63, 3.8) is 0 Å². The second-order valence-electron chi connectivity index (χ2n) is 5.09. The molecule has 0 aliphatic carbocycles. The van der Waals surface area contributed by atoms with Crippen molar-refractivity contribution < 1.29 is 8.42 Å². The van der Waals surface area contributed by atoms with E-state index in [1.807, 2.05) is 5.38 Å². The van der Waals surface area contributed by atoms with Gasteiger partial charge < -0.3 is 0 Å². The van der Waals surface area contributed by atoms with Crippen molar-refractivity contribution in [2.24, 2.45) is 0 Å². The normalized spacial score (nSPS) is 11.7. The molecule has 1 N–H and O–H groups in total. The molecule has 2 heterocycles. The molecule has 2 aromatic heterocycles. The van der Waals surface area contributed by atoms with Crippen LogP contribution in [0.5, 0.6) is 0 Å². The van der Waals surface area contributed by atoms with Gasteiger partial charge in [0, 0.05) is 23.9 Å². The lowest BCUT2D eigenvalue weighted by Gasteiger charge is -2.03. The maximum Gasteiger partial charge on any atom is 0.250 e. The van der Waals surface area contributed by atoms with Crippen LogP contribution in [0.3, 0.4) is 0 Å². The number of aryl methyl sites for hydroxylation is 1. The molecule has 0 bridgehead atoms. The van der Waals surface area contributed by atoms with Crippen molar-refractivity contribution in [1.82, 2.24) is 9.71 Å². The summed E-state index contributed by atoms with van der Waals surface area (Å²) in [7, 11) is -3.39. The summed E-state index contributed by atoms with van der Waals surface area (Å²) in [6.45, 7) is 2.40. The molecule has 0 unspecified atom stereocenters. The molecule has 0 saturated carbocycles. The van der Waals surface area contributed by atoms with Gasteiger partial charge in [-0.3, -0.25) is 0 Å². The Morgan fingerprint density at radius 1 is 1.13 bits per heavy atom. The lowest BCUT2D eigenvalue weighted by molar-refractivity contribution is 0.583. The van der Waals surface area contributed by atoms with Gasteiger partial charge in [-0.1, -0.05) is 35.9 Å². The molecule has 1 aromatic carbocycles. The Morgan fingerprint density at radius 2 is 1.91 bits per heavy atom. The molecule has 7 heteroatoms. The zero-order valence-corrected chi connectivity index (χ0v) is 15.0. The van der Waals surface area contributed by atoms with Gasteiger partial charge in [0.05, 0.1) is 5.69 Å². The highest BCUT2D eigenvalue weighted by atomic mass is 32.2. The summed E-state index contributed by atoms with van der Waals surface area (Å²) in [6.07, 6.45) is 0.576. The molecule has 0 atom stereocenters. The Kier molecular flexibility index (Phi) is 4.91. The number of thiophene rings is 1. The fourth-order valence-corrected chi connectivity index (χ4v) is 4.98. The van der Waals surface area contributed by atoms with Crippen LogP contribution in [-0.4, -0.2) is 19.9 Å². The largest absolute Gasteiger partial charge is 0.250 e. The molecule has 4 nitrogen and oxygen atoms in total. The Hall–Kier alpha value is -1.54. The second kappa shape index (κ2) is 6.92. The summed E-state index contributed by atoms with van der Waals surface area (Å²) in [5.74, 6) is 0. The first-order valence-electron chi connectivity index (χ1n) is 7.09. The maximum atomic E-state index is 12.0. The van der Waals surface area contributed by atoms with Gasteiger partial charge in [0.25, 0.3) is 0 Å². The summed E-state index contributed by atoms with van der Waals surface area (Å²) in [4.78, 5) is 4.58. The van der Waals surface area contributed by atoms with E-state index in [0.29, 0.717) is 17.2 Å². The Balaban J connectivity index is 1.61. The second-order valence-corrected chi connectivity index (χ2v) is 8.89. The number of sulfonamides is 1. The first-order valence-corrected chi connectivity index (χ1v) is 10.3. The van der Waals surface area contributed by atoms with E-state index in [9.17, 15) is 8.42 Å². The fraction of sp³-hybridized carbons (Fsp3) is 0.188. The zero-order valence-electron chi connectivity index (χ0n) is 12.5. The van der Waals surface area contributed by atoms with Crippen molar-refractivity contribution in [2.45, 2.75) is 17.6 Å². The molecule has 3 rings (SSSR count). The lowest BCUT2D eigenvalue weighted by atomic mass is 10.2. The van der Waals surface area contributed by atoms with Crippen LogP contribution in [0.2, 0.25) is 0 Å². The molecule has 120 valence electrons. The van der Waals surface area contributed by atoms with Gasteiger partial charge in [-0.25, -0.2) is 18.1 Å². The molecule has 0 radical (unpaired) electrons. The van der Waals surface area contributed by atoms with Crippen molar-refractivity contribution in [1.29, 1.82) is 0 Å². The molecule has 23 heavy (non-hydrogen) atoms. The smallest absolute Gasteiger partial charge is 0.241 e. The summed E-state index contributed by atoms with van der Waals surface area (Å²) in [5, 5.41) is 4.69. The van der Waals surface area contributed by atoms with Crippen molar-refractivity contribution >= 4 is 32.7 Å². The highest BCUT2D eigenvalue weighted by Crippen LogP contribution is 2.24. The van der Waals surface area contributed by atoms with Crippen LogP contribution in [-0.2, 0) is 16.4 Å². The Morgan fingerprint density at radius 3 is 2.61 bits per heavy atom. The number of aromatic nitrogens is 1. The third-order valence-corrected chi connectivity index (χ3v) is 7.08. The van der Waals surface area contributed by atoms with Gasteiger partial charge in [-0.15, -0.1) is 22.7 Å². The Bertz CT molecular complexity index is 866. The predicted octanol–water partition coefficient (Wildman–Crippen LogP) is 3.70. The molecular formula is C16H16N2O2S3. The number of rotatable bonds is 6. The maximum absolute atomic E-state index is 12.0. The number of hydrogen-bond acceptors (Lipinski definition) is 5. The van der Waals surface area contributed by atoms with Gasteiger partial charge in [0.15, 0.2) is 0 Å². The van der Waals surface area contributed by atoms with E-state index in [0.717, 1.165) is 16.3 Å². The van der Waals surface area contributed by atoms with E-state index >= 15 is 0 Å². The van der Waals surface area contributed by atoms with E-state index in [1.165, 1.54) is 16.9 Å². The summed E-state index contributed by atoms with van der Waals surface area (Å²) in [6, 6.07) is 11.6. The molecule has 0 spiro atoms. The van der Waals surface area contributed by atoms with E-state index in [4.69, 9.17) is 0 Å². The van der Waals surface area contributed by atoms with Crippen molar-refractivity contribution in [3.05, 3.63) is 58.4 Å². The zero-order chi connectivity index (χ0) is 16.3. The van der Waals surface area contributed by atoms with E-state index < -0.39 is 10.0 Å². The van der Waals surface area contributed by atoms with Crippen LogP contribution < -0.4 is 4.72 Å². The molecular weight excluding hydrogens is 348 g/mol. The number of nitrogens with one attached hydrogen (secondary N) is 1. The van der Waals surface area contributed by atoms with Crippen LogP contribution >= 0.6 is 22.7 Å². The quantitative estimate of drug-likeness (QED) is 0.725. The third kappa shape index (κ3) is 4.06. The number of benzene rings is 1. The van der Waals surface area contributed by atoms with Gasteiger partial charge in [0.2, 0.25) is 10.0 Å². The number of nitrogens with zero attached hydrogens (tertiary/aromatic N) is 1. The minimum absolute atomic E-state index is 0.344. The van der Waals surface area contributed by atoms with Crippen LogP contribution in [0, 0.1) is 6.92 Å². The molecule has 0 aliphatic rings. The van der Waals surface area contributed by atoms with Gasteiger partial charge in [-0.05, 0) is 18.4 Å². The molecule has 0 amide bonds. The van der Waals surface area contributed by atoms with Crippen molar-refractivity contribution in [3.8, 4) is 10.6 Å². The van der Waals surface area contributed by atoms with Gasteiger partial charge >= 0.3 is 0 Å². The summed E-state index contributed by atoms with van der Waals surface area (Å²) in [5.41, 5.74) is 3.21. The van der Waals surface area contributed by atoms with E-state index in [1.54, 1.807) is 28.8 Å². The molecule has 0 saturated heterocycles. The minimum Gasteiger partial charge on any atom is -0.241 e. The van der Waals surface area contributed by atoms with E-state index in [-0.39, 0.29) is 0 Å². The highest BCUT2D eigenvalue weighted by Gasteiger charge is 2.14. The summed E-state index contributed by atoms with van der Waals surface area (Å²) >= 11 is 2.79. The van der Waals surface area contributed by atoms with Crippen molar-refractivity contribution in [2.75, 3.05) is 6.54 Å². The first-order chi connectivity index (χ1) is 11.0. The van der Waals surface area contributed by atoms with Crippen LogP contribution in [0.4, 0.5) is 0 Å². The van der Waals surface area contributed by atoms with Gasteiger partial charge in [0.1, 0.15) is 9.22 Å². The lowest BCUT2D eigenvalue weighted by Crippen LogP contribution is -2.25. The fourth-order valence-electron chi connectivity index (χ4n) is 2.05. The van der Waals surface area contributed by atoms with Crippen LogP contribution in [0.25, 0.3) is 10.6 Å². The highest BCUT2D eigenvalue weighted by molar-refractivity contribution is 7.91. The Labute approximate surface area is 143 Å². The molecule has 3 aromatic rings. The average Bonchev–Trinajstić information content (AvgIpc) is 3.19. The van der Waals surface area contributed by atoms with E-state index in [2.05, 4.69) is 40.9 Å². The average molecular weight is 365 g/mol. The van der Waals surface area contributed by atoms with Gasteiger partial charge in [-0.2, -0.15) is 0 Å². The summed E-state index contributed by atoms with van der Waals surface area (Å²) < 4.78 is 27.0. The van der Waals surface area contributed by atoms with Crippen LogP contribution in [0.1, 0.15) is 11.3 Å². The van der Waals surface area contributed by atoms with Crippen LogP contribution in [0.15, 0.2) is 51.4 Å². The number of hydrogen-bond donors (Lipinski definition) is 1. The SMILES string of the molecule is Cc1ccc(-c2nc(CCNS(=O)(=O)c3cccs3)cs2)cc1. The topological polar surface area (TPSA) is 59.1 Å². The monoisotopic (exact) mass is 364 g/mol. The minimum atomic E-state index is -3.39. The standard InChI is InChI=1S/C16H16N2O2S3/c1-12-4-6-13(7-5-12)16-18-14(11-22-16)8-9-17-23(19,20)15-3-2-10-21-15/h2-7,10-11,17H,8-9H2,1H3. The number of thiazole rings is 1.